The Labute approximate surface area is 282 Å². The molecule has 47 heavy (non-hydrogen) atoms. The summed E-state index contributed by atoms with van der Waals surface area (Å²) in [6.45, 7) is 7.79. The molecular weight excluding hydrogens is 650 g/mol. The number of likely N-dealkylation sites (tertiary alicyclic amines) is 1. The molecule has 4 rings (SSSR count). The standard InChI is InChI=1S/C33H44F2N6O4S.ClH/c1-5-6-7-14-41(22-38-30-18-27(33(42)36-3)28(34)19-29(30)35)26-12-15-40(16-13-26)21-24-8-11-32(37-20-24)45-31-10-9-25(17-23(31)2)39-46(4,43)44;/h8-11,17-20,26,38-39H,5-7,12-16,21-22H2,1-4H3,(H,36,42);1H. The van der Waals surface area contributed by atoms with Gasteiger partial charge in [-0.3, -0.25) is 19.3 Å². The first-order valence-corrected chi connectivity index (χ1v) is 17.5. The van der Waals surface area contributed by atoms with Crippen LogP contribution in [-0.2, 0) is 16.6 Å². The van der Waals surface area contributed by atoms with Crippen LogP contribution in [0.1, 0.15) is 60.5 Å². The van der Waals surface area contributed by atoms with Gasteiger partial charge >= 0.3 is 0 Å². The predicted molar refractivity (Wildman–Crippen MR) is 184 cm³/mol. The van der Waals surface area contributed by atoms with Crippen molar-refractivity contribution in [1.29, 1.82) is 0 Å². The minimum atomic E-state index is -3.36. The number of carbonyl (C=O) groups excluding carboxylic acids is 1. The van der Waals surface area contributed by atoms with E-state index in [-0.39, 0.29) is 23.7 Å². The maximum Gasteiger partial charge on any atom is 0.254 e. The normalized spacial score (nSPS) is 14.0. The number of hydrogen-bond donors (Lipinski definition) is 3. The first-order chi connectivity index (χ1) is 22.0. The number of rotatable bonds is 15. The van der Waals surface area contributed by atoms with E-state index in [1.54, 1.807) is 18.2 Å². The zero-order valence-corrected chi connectivity index (χ0v) is 28.9. The largest absolute Gasteiger partial charge is 0.439 e. The van der Waals surface area contributed by atoms with Crippen LogP contribution in [0.5, 0.6) is 11.6 Å². The molecule has 14 heteroatoms. The Morgan fingerprint density at radius 1 is 1.09 bits per heavy atom. The van der Waals surface area contributed by atoms with Gasteiger partial charge in [0.05, 0.1) is 24.2 Å². The van der Waals surface area contributed by atoms with Gasteiger partial charge < -0.3 is 15.4 Å². The van der Waals surface area contributed by atoms with Crippen molar-refractivity contribution < 1.29 is 26.7 Å². The van der Waals surface area contributed by atoms with Gasteiger partial charge in [-0.15, -0.1) is 12.4 Å². The second-order valence-electron chi connectivity index (χ2n) is 11.7. The third-order valence-electron chi connectivity index (χ3n) is 8.02. The first-order valence-electron chi connectivity index (χ1n) is 15.6. The Bertz CT molecular complexity index is 1590. The second kappa shape index (κ2) is 17.6. The summed E-state index contributed by atoms with van der Waals surface area (Å²) >= 11 is 0. The molecule has 0 saturated carbocycles. The minimum absolute atomic E-state index is 0. The number of ether oxygens (including phenoxy) is 1. The maximum atomic E-state index is 14.6. The molecule has 3 aromatic rings. The number of carbonyl (C=O) groups is 1. The molecule has 0 spiro atoms. The zero-order chi connectivity index (χ0) is 33.3. The summed E-state index contributed by atoms with van der Waals surface area (Å²) in [6, 6.07) is 11.2. The number of aromatic nitrogens is 1. The van der Waals surface area contributed by atoms with Gasteiger partial charge in [0, 0.05) is 50.2 Å². The van der Waals surface area contributed by atoms with Gasteiger partial charge in [0.1, 0.15) is 17.4 Å². The number of sulfonamides is 1. The van der Waals surface area contributed by atoms with Crippen LogP contribution in [0.25, 0.3) is 0 Å². The molecule has 2 heterocycles. The predicted octanol–water partition coefficient (Wildman–Crippen LogP) is 6.14. The van der Waals surface area contributed by atoms with Crippen molar-refractivity contribution in [3.63, 3.8) is 0 Å². The first kappa shape index (κ1) is 37.9. The average molecular weight is 695 g/mol. The van der Waals surface area contributed by atoms with Crippen LogP contribution in [0, 0.1) is 18.6 Å². The molecule has 1 aromatic heterocycles. The van der Waals surface area contributed by atoms with E-state index in [0.29, 0.717) is 30.0 Å². The molecule has 0 unspecified atom stereocenters. The number of nitrogens with zero attached hydrogens (tertiary/aromatic N) is 3. The number of amides is 1. The van der Waals surface area contributed by atoms with Crippen LogP contribution in [0.2, 0.25) is 0 Å². The lowest BCUT2D eigenvalue weighted by atomic mass is 10.0. The molecule has 258 valence electrons. The third kappa shape index (κ3) is 11.3. The Kier molecular flexibility index (Phi) is 14.2. The lowest BCUT2D eigenvalue weighted by molar-refractivity contribution is 0.0959. The smallest absolute Gasteiger partial charge is 0.254 e. The summed E-state index contributed by atoms with van der Waals surface area (Å²) in [5, 5.41) is 5.51. The molecule has 3 N–H and O–H groups in total. The fraction of sp³-hybridized carbons (Fsp3) is 0.455. The van der Waals surface area contributed by atoms with E-state index in [1.165, 1.54) is 13.1 Å². The molecule has 0 aliphatic carbocycles. The molecule has 1 amide bonds. The fourth-order valence-electron chi connectivity index (χ4n) is 5.56. The van der Waals surface area contributed by atoms with Crippen molar-refractivity contribution in [1.82, 2.24) is 20.1 Å². The highest BCUT2D eigenvalue weighted by Gasteiger charge is 2.25. The van der Waals surface area contributed by atoms with E-state index in [4.69, 9.17) is 4.74 Å². The number of piperidine rings is 1. The van der Waals surface area contributed by atoms with E-state index in [0.717, 1.165) is 81.7 Å². The second-order valence-corrected chi connectivity index (χ2v) is 13.5. The number of halogens is 3. The molecule has 0 atom stereocenters. The number of aryl methyl sites for hydroxylation is 1. The van der Waals surface area contributed by atoms with Crippen molar-refractivity contribution in [2.75, 3.05) is 49.6 Å². The number of pyridine rings is 1. The molecule has 1 aliphatic heterocycles. The molecule has 0 radical (unpaired) electrons. The van der Waals surface area contributed by atoms with E-state index in [9.17, 15) is 22.0 Å². The lowest BCUT2D eigenvalue weighted by Gasteiger charge is -2.39. The van der Waals surface area contributed by atoms with Gasteiger partial charge in [-0.2, -0.15) is 0 Å². The summed E-state index contributed by atoms with van der Waals surface area (Å²) < 4.78 is 60.1. The number of nitrogens with one attached hydrogen (secondary N) is 3. The Morgan fingerprint density at radius 3 is 2.45 bits per heavy atom. The number of unbranched alkanes of at least 4 members (excludes halogenated alkanes) is 2. The summed E-state index contributed by atoms with van der Waals surface area (Å²) in [5.74, 6) is -1.18. The number of anilines is 2. The summed E-state index contributed by atoms with van der Waals surface area (Å²) in [6.07, 6.45) is 8.02. The fourth-order valence-corrected chi connectivity index (χ4v) is 6.11. The summed E-state index contributed by atoms with van der Waals surface area (Å²) in [4.78, 5) is 21.2. The van der Waals surface area contributed by atoms with Gasteiger partial charge in [-0.05, 0) is 74.7 Å². The van der Waals surface area contributed by atoms with Crippen molar-refractivity contribution in [2.45, 2.75) is 58.5 Å². The van der Waals surface area contributed by atoms with Crippen molar-refractivity contribution in [2.24, 2.45) is 0 Å². The van der Waals surface area contributed by atoms with Gasteiger partial charge in [0.25, 0.3) is 5.91 Å². The summed E-state index contributed by atoms with van der Waals surface area (Å²) in [5.41, 5.74) is 2.22. The molecule has 1 saturated heterocycles. The SMILES string of the molecule is CCCCCN(CNc1cc(C(=O)NC)c(F)cc1F)C1CCN(Cc2ccc(Oc3ccc(NS(C)(=O)=O)cc3C)nc2)CC1.Cl. The minimum Gasteiger partial charge on any atom is -0.439 e. The van der Waals surface area contributed by atoms with Gasteiger partial charge in [-0.25, -0.2) is 22.2 Å². The molecule has 0 bridgehead atoms. The third-order valence-corrected chi connectivity index (χ3v) is 8.63. The Morgan fingerprint density at radius 2 is 1.83 bits per heavy atom. The highest BCUT2D eigenvalue weighted by atomic mass is 35.5. The van der Waals surface area contributed by atoms with Crippen molar-refractivity contribution in [3.05, 3.63) is 77.0 Å². The van der Waals surface area contributed by atoms with Crippen LogP contribution in [0.4, 0.5) is 20.2 Å². The van der Waals surface area contributed by atoms with Gasteiger partial charge in [0.15, 0.2) is 0 Å². The van der Waals surface area contributed by atoms with Gasteiger partial charge in [-0.1, -0.05) is 25.8 Å². The quantitative estimate of drug-likeness (QED) is 0.128. The van der Waals surface area contributed by atoms with E-state index in [2.05, 4.69) is 37.1 Å². The topological polar surface area (TPSA) is 116 Å². The molecule has 1 aliphatic rings. The van der Waals surface area contributed by atoms with Crippen LogP contribution < -0.4 is 20.1 Å². The number of hydrogen-bond acceptors (Lipinski definition) is 8. The molecule has 10 nitrogen and oxygen atoms in total. The highest BCUT2D eigenvalue weighted by molar-refractivity contribution is 7.92. The van der Waals surface area contributed by atoms with E-state index in [1.807, 2.05) is 25.3 Å². The zero-order valence-electron chi connectivity index (χ0n) is 27.3. The lowest BCUT2D eigenvalue weighted by Crippen LogP contribution is -2.46. The molecule has 2 aromatic carbocycles. The molecule has 1 fully saturated rings. The van der Waals surface area contributed by atoms with Crippen LogP contribution >= 0.6 is 12.4 Å². The van der Waals surface area contributed by atoms with E-state index < -0.39 is 27.6 Å². The summed E-state index contributed by atoms with van der Waals surface area (Å²) in [7, 11) is -1.95. The molecular formula is C33H45ClF2N6O4S. The van der Waals surface area contributed by atoms with Crippen molar-refractivity contribution >= 4 is 39.7 Å². The van der Waals surface area contributed by atoms with Crippen molar-refractivity contribution in [3.8, 4) is 11.6 Å². The van der Waals surface area contributed by atoms with Gasteiger partial charge in [0.2, 0.25) is 15.9 Å². The Balaban J connectivity index is 0.00000600. The number of benzene rings is 2. The Hall–Kier alpha value is -3.52. The van der Waals surface area contributed by atoms with Crippen LogP contribution in [0.3, 0.4) is 0 Å². The monoisotopic (exact) mass is 694 g/mol. The average Bonchev–Trinajstić information content (AvgIpc) is 3.01. The highest BCUT2D eigenvalue weighted by Crippen LogP contribution is 2.27. The van der Waals surface area contributed by atoms with E-state index >= 15 is 0 Å². The maximum absolute atomic E-state index is 14.6. The van der Waals surface area contributed by atoms with Crippen LogP contribution in [-0.4, -0.2) is 74.8 Å². The van der Waals surface area contributed by atoms with Crippen LogP contribution in [0.15, 0.2) is 48.7 Å².